The lowest BCUT2D eigenvalue weighted by Crippen LogP contribution is -2.38. The normalized spacial score (nSPS) is 17.1. The molecule has 9 nitrogen and oxygen atoms in total. The Hall–Kier alpha value is -3.59. The number of imidazole rings is 1. The van der Waals surface area contributed by atoms with E-state index in [4.69, 9.17) is 21.3 Å². The van der Waals surface area contributed by atoms with Crippen molar-refractivity contribution in [3.8, 4) is 5.69 Å². The van der Waals surface area contributed by atoms with Crippen molar-refractivity contribution in [2.45, 2.75) is 32.9 Å². The molecule has 1 aromatic carbocycles. The zero-order valence-corrected chi connectivity index (χ0v) is 19.2. The van der Waals surface area contributed by atoms with Gasteiger partial charge in [0, 0.05) is 23.1 Å². The molecule has 4 aromatic rings. The van der Waals surface area contributed by atoms with E-state index in [1.807, 2.05) is 48.0 Å². The van der Waals surface area contributed by atoms with E-state index in [1.54, 1.807) is 17.4 Å². The van der Waals surface area contributed by atoms with Gasteiger partial charge in [-0.15, -0.1) is 0 Å². The van der Waals surface area contributed by atoms with E-state index in [0.717, 1.165) is 16.8 Å². The van der Waals surface area contributed by atoms with E-state index in [-0.39, 0.29) is 18.0 Å². The van der Waals surface area contributed by atoms with Crippen molar-refractivity contribution >= 4 is 40.5 Å². The highest BCUT2D eigenvalue weighted by Crippen LogP contribution is 2.32. The number of cyclic esters (lactones) is 1. The Kier molecular flexibility index (Phi) is 5.41. The van der Waals surface area contributed by atoms with Crippen molar-refractivity contribution in [2.24, 2.45) is 5.92 Å². The van der Waals surface area contributed by atoms with Crippen molar-refractivity contribution in [3.63, 3.8) is 0 Å². The molecule has 2 N–H and O–H groups in total. The van der Waals surface area contributed by atoms with Crippen molar-refractivity contribution < 1.29 is 9.53 Å². The number of aromatic amines is 1. The van der Waals surface area contributed by atoms with Crippen LogP contribution in [0, 0.1) is 5.92 Å². The average Bonchev–Trinajstić information content (AvgIpc) is 3.53. The first-order valence-corrected chi connectivity index (χ1v) is 11.2. The minimum absolute atomic E-state index is 0.0918. The van der Waals surface area contributed by atoms with E-state index in [9.17, 15) is 4.79 Å². The summed E-state index contributed by atoms with van der Waals surface area (Å²) in [4.78, 5) is 31.2. The number of carbonyl (C=O) groups excluding carboxylic acids is 1. The molecular weight excluding hydrogens is 442 g/mol. The topological polar surface area (TPSA) is 101 Å². The molecule has 1 aliphatic rings. The molecule has 170 valence electrons. The predicted octanol–water partition coefficient (Wildman–Crippen LogP) is 4.95. The number of hydrogen-bond donors (Lipinski definition) is 2. The Balaban J connectivity index is 1.44. The Labute approximate surface area is 195 Å². The molecule has 0 spiro atoms. The summed E-state index contributed by atoms with van der Waals surface area (Å²) in [6.07, 6.45) is 5.10. The maximum atomic E-state index is 12.6. The lowest BCUT2D eigenvalue weighted by molar-refractivity contribution is 0.177. The van der Waals surface area contributed by atoms with Crippen LogP contribution in [0.5, 0.6) is 0 Å². The molecule has 2 atom stereocenters. The predicted molar refractivity (Wildman–Crippen MR) is 127 cm³/mol. The minimum atomic E-state index is -0.393. The maximum absolute atomic E-state index is 12.6. The van der Waals surface area contributed by atoms with E-state index in [0.29, 0.717) is 29.0 Å². The number of fused-ring (bicyclic) bond motifs is 1. The van der Waals surface area contributed by atoms with Crippen molar-refractivity contribution in [3.05, 3.63) is 59.8 Å². The van der Waals surface area contributed by atoms with Gasteiger partial charge in [-0.1, -0.05) is 25.4 Å². The van der Waals surface area contributed by atoms with Gasteiger partial charge in [-0.25, -0.2) is 9.78 Å². The summed E-state index contributed by atoms with van der Waals surface area (Å²) in [6.45, 7) is 6.45. The highest BCUT2D eigenvalue weighted by Gasteiger charge is 2.38. The van der Waals surface area contributed by atoms with E-state index in [2.05, 4.69) is 34.1 Å². The molecule has 0 radical (unpaired) electrons. The number of benzene rings is 1. The molecule has 1 saturated heterocycles. The second kappa shape index (κ2) is 8.40. The van der Waals surface area contributed by atoms with E-state index >= 15 is 0 Å². The van der Waals surface area contributed by atoms with Crippen LogP contribution in [0.4, 0.5) is 16.6 Å². The third-order valence-corrected chi connectivity index (χ3v) is 6.07. The Morgan fingerprint density at radius 2 is 1.97 bits per heavy atom. The Bertz CT molecular complexity index is 1300. The lowest BCUT2D eigenvalue weighted by atomic mass is 10.0. The fraction of sp³-hybridized carbons (Fsp3) is 0.304. The average molecular weight is 466 g/mol. The number of anilines is 2. The largest absolute Gasteiger partial charge is 0.447 e. The highest BCUT2D eigenvalue weighted by molar-refractivity contribution is 6.30. The van der Waals surface area contributed by atoms with Gasteiger partial charge in [0.15, 0.2) is 5.82 Å². The molecule has 5 rings (SSSR count). The number of ether oxygens (including phenoxy) is 1. The van der Waals surface area contributed by atoms with Crippen LogP contribution in [0.25, 0.3) is 16.7 Å². The molecule has 1 amide bonds. The van der Waals surface area contributed by atoms with Crippen molar-refractivity contribution in [1.82, 2.24) is 24.5 Å². The molecule has 0 bridgehead atoms. The molecule has 33 heavy (non-hydrogen) atoms. The molecule has 0 saturated carbocycles. The van der Waals surface area contributed by atoms with Gasteiger partial charge in [-0.3, -0.25) is 4.90 Å². The maximum Gasteiger partial charge on any atom is 0.415 e. The van der Waals surface area contributed by atoms with Crippen LogP contribution in [0.3, 0.4) is 0 Å². The third-order valence-electron chi connectivity index (χ3n) is 5.82. The van der Waals surface area contributed by atoms with E-state index < -0.39 is 6.09 Å². The van der Waals surface area contributed by atoms with Crippen LogP contribution in [0.2, 0.25) is 5.02 Å². The summed E-state index contributed by atoms with van der Waals surface area (Å²) in [6, 6.07) is 9.15. The molecule has 0 unspecified atom stereocenters. The number of hydrogen-bond acceptors (Lipinski definition) is 6. The molecule has 1 fully saturated rings. The quantitative estimate of drug-likeness (QED) is 0.417. The SMILES string of the molecule is CC(C)[C@H]1COC(=O)N1c1nc(N[C@@H](C)c2cn(-c3ccc(Cl)cc3)cn2)nc2[nH]ccc12. The summed E-state index contributed by atoms with van der Waals surface area (Å²) in [5.74, 6) is 1.15. The Morgan fingerprint density at radius 3 is 2.73 bits per heavy atom. The molecule has 0 aliphatic carbocycles. The number of aromatic nitrogens is 5. The number of amides is 1. The molecule has 4 heterocycles. The number of rotatable bonds is 6. The molecular formula is C23H24ClN7O2. The lowest BCUT2D eigenvalue weighted by Gasteiger charge is -2.24. The van der Waals surface area contributed by atoms with Crippen LogP contribution in [0.15, 0.2) is 49.1 Å². The molecule has 1 aliphatic heterocycles. The van der Waals surface area contributed by atoms with Crippen LogP contribution >= 0.6 is 11.6 Å². The highest BCUT2D eigenvalue weighted by atomic mass is 35.5. The smallest absolute Gasteiger partial charge is 0.415 e. The van der Waals surface area contributed by atoms with Gasteiger partial charge in [-0.05, 0) is 43.2 Å². The van der Waals surface area contributed by atoms with Crippen LogP contribution in [0.1, 0.15) is 32.5 Å². The number of halogens is 1. The van der Waals surface area contributed by atoms with Gasteiger partial charge in [0.1, 0.15) is 12.3 Å². The fourth-order valence-corrected chi connectivity index (χ4v) is 4.05. The molecule has 10 heteroatoms. The fourth-order valence-electron chi connectivity index (χ4n) is 3.93. The van der Waals surface area contributed by atoms with Crippen molar-refractivity contribution in [2.75, 3.05) is 16.8 Å². The van der Waals surface area contributed by atoms with Crippen LogP contribution in [-0.4, -0.2) is 43.2 Å². The van der Waals surface area contributed by atoms with Gasteiger partial charge < -0.3 is 19.6 Å². The summed E-state index contributed by atoms with van der Waals surface area (Å²) in [5, 5.41) is 4.77. The Morgan fingerprint density at radius 1 is 1.18 bits per heavy atom. The first kappa shape index (κ1) is 21.3. The standard InChI is InChI=1S/C23H24ClN7O2/c1-13(2)19-11-33-23(32)31(19)21-17-8-9-25-20(17)28-22(29-21)27-14(3)18-10-30(12-26-18)16-6-4-15(24)5-7-16/h4-10,12-14,19H,11H2,1-3H3,(H2,25,27,28,29)/t14-,19+/m0/s1. The summed E-state index contributed by atoms with van der Waals surface area (Å²) >= 11 is 5.99. The van der Waals surface area contributed by atoms with Crippen molar-refractivity contribution in [1.29, 1.82) is 0 Å². The number of H-pyrrole nitrogens is 1. The summed E-state index contributed by atoms with van der Waals surface area (Å²) < 4.78 is 7.27. The second-order valence-corrected chi connectivity index (χ2v) is 8.85. The van der Waals surface area contributed by atoms with Gasteiger partial charge in [0.05, 0.1) is 29.5 Å². The zero-order chi connectivity index (χ0) is 23.1. The van der Waals surface area contributed by atoms with Gasteiger partial charge in [0.25, 0.3) is 0 Å². The van der Waals surface area contributed by atoms with Gasteiger partial charge in [0.2, 0.25) is 5.95 Å². The van der Waals surface area contributed by atoms with Gasteiger partial charge >= 0.3 is 6.09 Å². The van der Waals surface area contributed by atoms with Crippen LogP contribution in [-0.2, 0) is 4.74 Å². The number of carbonyl (C=O) groups is 1. The number of nitrogens with zero attached hydrogens (tertiary/aromatic N) is 5. The first-order chi connectivity index (χ1) is 15.9. The minimum Gasteiger partial charge on any atom is -0.447 e. The number of nitrogens with one attached hydrogen (secondary N) is 2. The zero-order valence-electron chi connectivity index (χ0n) is 18.5. The third kappa shape index (κ3) is 4.00. The summed E-state index contributed by atoms with van der Waals surface area (Å²) in [7, 11) is 0. The second-order valence-electron chi connectivity index (χ2n) is 8.42. The van der Waals surface area contributed by atoms with E-state index in [1.165, 1.54) is 0 Å². The molecule has 3 aromatic heterocycles. The van der Waals surface area contributed by atoms with Gasteiger partial charge in [-0.2, -0.15) is 9.97 Å². The monoisotopic (exact) mass is 465 g/mol. The first-order valence-electron chi connectivity index (χ1n) is 10.8. The summed E-state index contributed by atoms with van der Waals surface area (Å²) in [5.41, 5.74) is 2.43. The van der Waals surface area contributed by atoms with Crippen LogP contribution < -0.4 is 10.2 Å².